The van der Waals surface area contributed by atoms with Gasteiger partial charge in [-0.15, -0.1) is 0 Å². The molecule has 0 radical (unpaired) electrons. The summed E-state index contributed by atoms with van der Waals surface area (Å²) >= 11 is 0. The summed E-state index contributed by atoms with van der Waals surface area (Å²) < 4.78 is 3.75. The number of ether oxygens (including phenoxy) is 1. The van der Waals surface area contributed by atoms with Gasteiger partial charge in [0.2, 0.25) is 6.29 Å². The molecule has 4 nitrogen and oxygen atoms in total. The maximum atomic E-state index is 9.54. The Morgan fingerprint density at radius 1 is 1.11 bits per heavy atom. The molecule has 0 aliphatic heterocycles. The summed E-state index contributed by atoms with van der Waals surface area (Å²) in [5, 5.41) is 18.7. The van der Waals surface area contributed by atoms with Gasteiger partial charge in [-0.1, -0.05) is 55.1 Å². The third kappa shape index (κ3) is 4.67. The van der Waals surface area contributed by atoms with Crippen LogP contribution in [0.4, 0.5) is 4.79 Å². The number of carboxylic acid groups (broad SMARTS) is 1. The minimum Gasteiger partial charge on any atom is -0.450 e. The molecule has 2 aromatic carbocycles. The third-order valence-corrected chi connectivity index (χ3v) is 2.08. The van der Waals surface area contributed by atoms with Crippen LogP contribution >= 0.6 is 0 Å². The van der Waals surface area contributed by atoms with Crippen molar-refractivity contribution >= 4 is 16.9 Å². The first-order valence-corrected chi connectivity index (χ1v) is 5.27. The van der Waals surface area contributed by atoms with Gasteiger partial charge >= 0.3 is 6.16 Å². The number of fused-ring (bicyclic) bond motifs is 1. The van der Waals surface area contributed by atoms with Crippen molar-refractivity contribution in [2.45, 2.75) is 6.29 Å². The van der Waals surface area contributed by atoms with E-state index < -0.39 is 12.4 Å². The minimum atomic E-state index is -1.52. The van der Waals surface area contributed by atoms with E-state index in [4.69, 9.17) is 10.2 Å². The van der Waals surface area contributed by atoms with Crippen molar-refractivity contribution in [3.05, 3.63) is 61.2 Å². The Morgan fingerprint density at radius 3 is 1.72 bits per heavy atom. The number of aliphatic hydroxyl groups excluding tert-OH is 1. The quantitative estimate of drug-likeness (QED) is 0.485. The first-order valence-electron chi connectivity index (χ1n) is 5.27. The van der Waals surface area contributed by atoms with Crippen molar-refractivity contribution in [1.82, 2.24) is 0 Å². The lowest BCUT2D eigenvalue weighted by atomic mass is 10.1. The van der Waals surface area contributed by atoms with Crippen LogP contribution in [-0.4, -0.2) is 22.7 Å². The van der Waals surface area contributed by atoms with Gasteiger partial charge < -0.3 is 14.9 Å². The predicted molar refractivity (Wildman–Crippen MR) is 69.3 cm³/mol. The average Bonchev–Trinajstić information content (AvgIpc) is 2.39. The maximum Gasteiger partial charge on any atom is 0.508 e. The van der Waals surface area contributed by atoms with Gasteiger partial charge in [0.25, 0.3) is 0 Å². The van der Waals surface area contributed by atoms with E-state index >= 15 is 0 Å². The van der Waals surface area contributed by atoms with Crippen molar-refractivity contribution < 1.29 is 19.7 Å². The van der Waals surface area contributed by atoms with E-state index in [9.17, 15) is 4.79 Å². The van der Waals surface area contributed by atoms with Crippen LogP contribution in [0.3, 0.4) is 0 Å². The van der Waals surface area contributed by atoms with E-state index in [1.54, 1.807) is 0 Å². The molecular weight excluding hydrogens is 232 g/mol. The average molecular weight is 246 g/mol. The highest BCUT2D eigenvalue weighted by atomic mass is 16.7. The van der Waals surface area contributed by atoms with Crippen molar-refractivity contribution in [3.63, 3.8) is 0 Å². The molecular formula is C14H14O4. The fraction of sp³-hybridized carbons (Fsp3) is 0.0714. The Morgan fingerprint density at radius 2 is 1.50 bits per heavy atom. The zero-order valence-electron chi connectivity index (χ0n) is 9.69. The van der Waals surface area contributed by atoms with Gasteiger partial charge in [-0.3, -0.25) is 0 Å². The van der Waals surface area contributed by atoms with Crippen LogP contribution in [0.25, 0.3) is 10.8 Å². The lowest BCUT2D eigenvalue weighted by Gasteiger charge is -2.00. The molecule has 0 spiro atoms. The minimum absolute atomic E-state index is 0.966. The summed E-state index contributed by atoms with van der Waals surface area (Å²) in [7, 11) is 0. The Bertz CT molecular complexity index is 456. The van der Waals surface area contributed by atoms with Gasteiger partial charge in [-0.05, 0) is 16.8 Å². The first kappa shape index (κ1) is 13.7. The highest BCUT2D eigenvalue weighted by Crippen LogP contribution is 2.11. The Hall–Kier alpha value is -2.33. The number of rotatable bonds is 2. The molecule has 0 saturated carbocycles. The molecule has 94 valence electrons. The van der Waals surface area contributed by atoms with Gasteiger partial charge in [-0.2, -0.15) is 0 Å². The van der Waals surface area contributed by atoms with E-state index in [1.165, 1.54) is 10.8 Å². The smallest absolute Gasteiger partial charge is 0.450 e. The standard InChI is InChI=1S/C10H8.C4H6O4/c1-2-6-10-8-4-3-7-9(10)5-1;1-2-3(5)8-4(6)7/h1-8H;2-3,5H,1H2,(H,6,7). The number of aliphatic hydroxyl groups is 1. The van der Waals surface area contributed by atoms with Crippen LogP contribution in [-0.2, 0) is 4.74 Å². The summed E-state index contributed by atoms with van der Waals surface area (Å²) in [4.78, 5) is 9.54. The van der Waals surface area contributed by atoms with Gasteiger partial charge in [0, 0.05) is 0 Å². The van der Waals surface area contributed by atoms with Crippen molar-refractivity contribution in [1.29, 1.82) is 0 Å². The topological polar surface area (TPSA) is 66.8 Å². The zero-order valence-corrected chi connectivity index (χ0v) is 9.69. The molecule has 2 N–H and O–H groups in total. The van der Waals surface area contributed by atoms with Crippen LogP contribution in [0.5, 0.6) is 0 Å². The van der Waals surface area contributed by atoms with E-state index in [-0.39, 0.29) is 0 Å². The summed E-state index contributed by atoms with van der Waals surface area (Å²) in [5.41, 5.74) is 0. The van der Waals surface area contributed by atoms with E-state index in [2.05, 4.69) is 59.8 Å². The molecule has 0 heterocycles. The van der Waals surface area contributed by atoms with Crippen LogP contribution < -0.4 is 0 Å². The predicted octanol–water partition coefficient (Wildman–Crippen LogP) is 3.03. The molecule has 2 aromatic rings. The molecule has 18 heavy (non-hydrogen) atoms. The largest absolute Gasteiger partial charge is 0.508 e. The van der Waals surface area contributed by atoms with E-state index in [0.29, 0.717) is 0 Å². The molecule has 0 fully saturated rings. The molecule has 1 atom stereocenters. The van der Waals surface area contributed by atoms with E-state index in [0.717, 1.165) is 6.08 Å². The van der Waals surface area contributed by atoms with Crippen molar-refractivity contribution in [2.24, 2.45) is 0 Å². The summed E-state index contributed by atoms with van der Waals surface area (Å²) in [5.74, 6) is 0. The second-order valence-corrected chi connectivity index (χ2v) is 3.36. The molecule has 4 heteroatoms. The molecule has 0 aliphatic rings. The number of hydrogen-bond acceptors (Lipinski definition) is 3. The van der Waals surface area contributed by atoms with Gasteiger partial charge in [0.1, 0.15) is 0 Å². The zero-order chi connectivity index (χ0) is 13.4. The third-order valence-electron chi connectivity index (χ3n) is 2.08. The fourth-order valence-electron chi connectivity index (χ4n) is 1.28. The number of hydrogen-bond donors (Lipinski definition) is 2. The maximum absolute atomic E-state index is 9.54. The first-order chi connectivity index (χ1) is 8.63. The highest BCUT2D eigenvalue weighted by molar-refractivity contribution is 5.81. The molecule has 1 unspecified atom stereocenters. The van der Waals surface area contributed by atoms with Crippen LogP contribution in [0, 0.1) is 0 Å². The normalized spacial score (nSPS) is 10.9. The summed E-state index contributed by atoms with van der Waals surface area (Å²) in [6, 6.07) is 16.7. The summed E-state index contributed by atoms with van der Waals surface area (Å²) in [6.45, 7) is 3.08. The van der Waals surface area contributed by atoms with Gasteiger partial charge in [0.15, 0.2) is 0 Å². The number of carbonyl (C=O) groups is 1. The second kappa shape index (κ2) is 7.09. The van der Waals surface area contributed by atoms with Gasteiger partial charge in [0.05, 0.1) is 0 Å². The molecule has 0 saturated heterocycles. The molecule has 0 amide bonds. The lowest BCUT2D eigenvalue weighted by molar-refractivity contribution is -0.0381. The van der Waals surface area contributed by atoms with Crippen LogP contribution in [0.1, 0.15) is 0 Å². The molecule has 0 aliphatic carbocycles. The monoisotopic (exact) mass is 246 g/mol. The SMILES string of the molecule is C=CC(O)OC(=O)O.c1ccc2ccccc2c1. The lowest BCUT2D eigenvalue weighted by Crippen LogP contribution is -2.12. The Labute approximate surface area is 105 Å². The Balaban J connectivity index is 0.000000187. The number of benzene rings is 2. The second-order valence-electron chi connectivity index (χ2n) is 3.36. The van der Waals surface area contributed by atoms with E-state index in [1.807, 2.05) is 0 Å². The van der Waals surface area contributed by atoms with Gasteiger partial charge in [-0.25, -0.2) is 4.79 Å². The molecule has 0 bridgehead atoms. The molecule has 0 aromatic heterocycles. The van der Waals surface area contributed by atoms with Crippen LogP contribution in [0.15, 0.2) is 61.2 Å². The molecule has 2 rings (SSSR count). The fourth-order valence-corrected chi connectivity index (χ4v) is 1.28. The summed E-state index contributed by atoms with van der Waals surface area (Å²) in [6.07, 6.45) is -1.96. The Kier molecular flexibility index (Phi) is 5.41. The van der Waals surface area contributed by atoms with Crippen LogP contribution in [0.2, 0.25) is 0 Å². The van der Waals surface area contributed by atoms with Crippen molar-refractivity contribution in [2.75, 3.05) is 0 Å². The highest BCUT2D eigenvalue weighted by Gasteiger charge is 2.01. The van der Waals surface area contributed by atoms with Crippen molar-refractivity contribution in [3.8, 4) is 0 Å².